The van der Waals surface area contributed by atoms with Crippen LogP contribution in [0.2, 0.25) is 0 Å². The van der Waals surface area contributed by atoms with Crippen molar-refractivity contribution in [3.63, 3.8) is 0 Å². The molecule has 1 N–H and O–H groups in total. The number of carbonyl (C=O) groups excluding carboxylic acids is 1. The van der Waals surface area contributed by atoms with Crippen molar-refractivity contribution in [1.82, 2.24) is 0 Å². The number of rotatable bonds is 4. The van der Waals surface area contributed by atoms with Crippen LogP contribution in [0.15, 0.2) is 36.4 Å². The van der Waals surface area contributed by atoms with Crippen LogP contribution in [0.4, 0.5) is 4.79 Å². The van der Waals surface area contributed by atoms with E-state index in [1.54, 1.807) is 0 Å². The Morgan fingerprint density at radius 1 is 1.18 bits per heavy atom. The predicted octanol–water partition coefficient (Wildman–Crippen LogP) is 2.16. The summed E-state index contributed by atoms with van der Waals surface area (Å²) in [6, 6.07) is 5.65. The van der Waals surface area contributed by atoms with E-state index in [0.717, 1.165) is 0 Å². The maximum absolute atomic E-state index is 11.2. The zero-order chi connectivity index (χ0) is 12.8. The van der Waals surface area contributed by atoms with E-state index in [0.29, 0.717) is 5.75 Å². The molecular weight excluding hydrogens is 228 g/mol. The van der Waals surface area contributed by atoms with Gasteiger partial charge in [-0.2, -0.15) is 0 Å². The van der Waals surface area contributed by atoms with E-state index in [9.17, 15) is 9.59 Å². The third kappa shape index (κ3) is 4.25. The second-order valence-corrected chi connectivity index (χ2v) is 3.07. The highest BCUT2D eigenvalue weighted by molar-refractivity contribution is 5.88. The van der Waals surface area contributed by atoms with Crippen molar-refractivity contribution in [3.8, 4) is 11.5 Å². The summed E-state index contributed by atoms with van der Waals surface area (Å²) in [6.45, 7) is 4.96. The molecule has 0 radical (unpaired) electrons. The fraction of sp³-hybridized carbons (Fsp3) is 0.0909. The first-order valence-corrected chi connectivity index (χ1v) is 4.54. The van der Waals surface area contributed by atoms with Crippen LogP contribution < -0.4 is 9.62 Å². The molecule has 0 heterocycles. The average Bonchev–Trinajstić information content (AvgIpc) is 2.28. The summed E-state index contributed by atoms with van der Waals surface area (Å²) in [4.78, 5) is 29.5. The molecule has 0 aromatic heterocycles. The quantitative estimate of drug-likeness (QED) is 0.284. The van der Waals surface area contributed by atoms with E-state index < -0.39 is 12.1 Å². The fourth-order valence-corrected chi connectivity index (χ4v) is 0.841. The van der Waals surface area contributed by atoms with Crippen molar-refractivity contribution in [2.24, 2.45) is 0 Å². The Morgan fingerprint density at radius 3 is 2.18 bits per heavy atom. The molecule has 6 heteroatoms. The summed E-state index contributed by atoms with van der Waals surface area (Å²) < 4.78 is 4.91. The lowest BCUT2D eigenvalue weighted by Crippen LogP contribution is -2.08. The van der Waals surface area contributed by atoms with Gasteiger partial charge >= 0.3 is 12.1 Å². The highest BCUT2D eigenvalue weighted by Gasteiger charge is 2.06. The van der Waals surface area contributed by atoms with Crippen molar-refractivity contribution in [3.05, 3.63) is 36.4 Å². The van der Waals surface area contributed by atoms with Crippen molar-refractivity contribution < 1.29 is 29.2 Å². The lowest BCUT2D eigenvalue weighted by atomic mass is 10.3. The van der Waals surface area contributed by atoms with Gasteiger partial charge in [-0.3, -0.25) is 4.89 Å². The molecule has 0 aliphatic rings. The summed E-state index contributed by atoms with van der Waals surface area (Å²) >= 11 is 0. The maximum Gasteiger partial charge on any atom is 0.547 e. The second kappa shape index (κ2) is 5.55. The molecule has 0 spiro atoms. The third-order valence-corrected chi connectivity index (χ3v) is 1.59. The van der Waals surface area contributed by atoms with Gasteiger partial charge in [0, 0.05) is 5.57 Å². The van der Waals surface area contributed by atoms with E-state index in [-0.39, 0.29) is 11.3 Å². The number of carbonyl (C=O) groups is 2. The molecule has 0 saturated heterocycles. The minimum absolute atomic E-state index is 0.169. The molecule has 0 unspecified atom stereocenters. The van der Waals surface area contributed by atoms with Crippen LogP contribution in [0, 0.1) is 0 Å². The second-order valence-electron chi connectivity index (χ2n) is 3.07. The minimum atomic E-state index is -1.55. The lowest BCUT2D eigenvalue weighted by molar-refractivity contribution is -0.161. The molecule has 0 fully saturated rings. The first kappa shape index (κ1) is 12.6. The monoisotopic (exact) mass is 238 g/mol. The number of esters is 1. The van der Waals surface area contributed by atoms with Gasteiger partial charge < -0.3 is 9.84 Å². The van der Waals surface area contributed by atoms with Gasteiger partial charge in [0.05, 0.1) is 0 Å². The van der Waals surface area contributed by atoms with Gasteiger partial charge in [0.1, 0.15) is 5.75 Å². The Hall–Kier alpha value is -2.50. The largest absolute Gasteiger partial charge is 0.547 e. The van der Waals surface area contributed by atoms with Crippen LogP contribution in [-0.4, -0.2) is 17.2 Å². The highest BCUT2D eigenvalue weighted by atomic mass is 17.2. The Labute approximate surface area is 97.0 Å². The molecule has 1 aromatic carbocycles. The van der Waals surface area contributed by atoms with Crippen LogP contribution in [-0.2, 0) is 9.68 Å². The molecule has 0 aliphatic heterocycles. The van der Waals surface area contributed by atoms with E-state index in [4.69, 9.17) is 9.84 Å². The number of ether oxygens (including phenoxy) is 1. The van der Waals surface area contributed by atoms with Gasteiger partial charge in [0.15, 0.2) is 5.75 Å². The molecule has 1 rings (SSSR count). The zero-order valence-corrected chi connectivity index (χ0v) is 9.00. The Morgan fingerprint density at radius 2 is 1.71 bits per heavy atom. The van der Waals surface area contributed by atoms with Gasteiger partial charge in [-0.25, -0.2) is 14.5 Å². The molecule has 17 heavy (non-hydrogen) atoms. The highest BCUT2D eigenvalue weighted by Crippen LogP contribution is 2.18. The smallest absolute Gasteiger partial charge is 0.447 e. The van der Waals surface area contributed by atoms with Crippen LogP contribution in [0.25, 0.3) is 0 Å². The number of carboxylic acid groups (broad SMARTS) is 1. The number of benzene rings is 1. The Kier molecular flexibility index (Phi) is 4.10. The van der Waals surface area contributed by atoms with Crippen LogP contribution in [0.1, 0.15) is 6.92 Å². The maximum atomic E-state index is 11.2. The third-order valence-electron chi connectivity index (χ3n) is 1.59. The van der Waals surface area contributed by atoms with E-state index in [1.165, 1.54) is 31.2 Å². The van der Waals surface area contributed by atoms with E-state index >= 15 is 0 Å². The van der Waals surface area contributed by atoms with E-state index in [2.05, 4.69) is 16.4 Å². The first-order valence-electron chi connectivity index (χ1n) is 4.54. The van der Waals surface area contributed by atoms with Crippen LogP contribution in [0.5, 0.6) is 11.5 Å². The van der Waals surface area contributed by atoms with Gasteiger partial charge in [-0.15, -0.1) is 0 Å². The summed E-state index contributed by atoms with van der Waals surface area (Å²) in [6.07, 6.45) is -1.55. The van der Waals surface area contributed by atoms with Gasteiger partial charge in [0.2, 0.25) is 0 Å². The molecular formula is C11H10O6. The van der Waals surface area contributed by atoms with Crippen molar-refractivity contribution >= 4 is 12.1 Å². The van der Waals surface area contributed by atoms with E-state index in [1.807, 2.05) is 0 Å². The Balaban J connectivity index is 2.58. The van der Waals surface area contributed by atoms with Crippen molar-refractivity contribution in [1.29, 1.82) is 0 Å². The molecule has 1 aromatic rings. The SMILES string of the molecule is C=C(C)C(=O)Oc1ccc(OOC(=O)O)cc1. The number of hydrogen-bond acceptors (Lipinski definition) is 5. The van der Waals surface area contributed by atoms with Crippen LogP contribution in [0.3, 0.4) is 0 Å². The molecule has 6 nitrogen and oxygen atoms in total. The summed E-state index contributed by atoms with van der Waals surface area (Å²) in [5, 5.41) is 8.18. The average molecular weight is 238 g/mol. The summed E-state index contributed by atoms with van der Waals surface area (Å²) in [5.41, 5.74) is 0.277. The minimum Gasteiger partial charge on any atom is -0.447 e. The zero-order valence-electron chi connectivity index (χ0n) is 9.00. The summed E-state index contributed by atoms with van der Waals surface area (Å²) in [5.74, 6) is -0.0800. The van der Waals surface area contributed by atoms with Gasteiger partial charge in [-0.05, 0) is 31.2 Å². The Bertz CT molecular complexity index is 434. The number of hydrogen-bond donors (Lipinski definition) is 1. The van der Waals surface area contributed by atoms with Crippen LogP contribution >= 0.6 is 0 Å². The predicted molar refractivity (Wildman–Crippen MR) is 56.6 cm³/mol. The van der Waals surface area contributed by atoms with Gasteiger partial charge in [-0.1, -0.05) is 6.58 Å². The topological polar surface area (TPSA) is 82.1 Å². The van der Waals surface area contributed by atoms with Gasteiger partial charge in [0.25, 0.3) is 0 Å². The molecule has 0 atom stereocenters. The molecule has 0 aliphatic carbocycles. The normalized spacial score (nSPS) is 9.24. The van der Waals surface area contributed by atoms with Crippen molar-refractivity contribution in [2.45, 2.75) is 6.92 Å². The molecule has 0 bridgehead atoms. The van der Waals surface area contributed by atoms with Crippen molar-refractivity contribution in [2.75, 3.05) is 0 Å². The first-order chi connectivity index (χ1) is 7.99. The fourth-order valence-electron chi connectivity index (χ4n) is 0.841. The lowest BCUT2D eigenvalue weighted by Gasteiger charge is -2.04. The molecule has 0 saturated carbocycles. The molecule has 0 amide bonds. The molecule has 90 valence electrons. The standard InChI is InChI=1S/C11H10O6/c1-7(2)10(12)15-8-3-5-9(6-4-8)16-17-11(13)14/h3-6H,1H2,2H3,(H,13,14). The summed E-state index contributed by atoms with van der Waals surface area (Å²) in [7, 11) is 0.